The molecule has 0 unspecified atom stereocenters. The zero-order valence-electron chi connectivity index (χ0n) is 7.81. The van der Waals surface area contributed by atoms with Crippen molar-refractivity contribution in [1.29, 1.82) is 0 Å². The summed E-state index contributed by atoms with van der Waals surface area (Å²) in [6.45, 7) is 1.98. The van der Waals surface area contributed by atoms with Crippen molar-refractivity contribution in [2.75, 3.05) is 5.32 Å². The smallest absolute Gasteiger partial charge is 0.224 e. The Balaban J connectivity index is 2.75. The zero-order valence-corrected chi connectivity index (χ0v) is 11.0. The summed E-state index contributed by atoms with van der Waals surface area (Å²) in [4.78, 5) is 11.3. The maximum Gasteiger partial charge on any atom is 0.224 e. The molecular formula is C10H11Br2NO. The number of carbonyl (C=O) groups excluding carboxylic acids is 1. The Morgan fingerprint density at radius 1 is 1.43 bits per heavy atom. The molecule has 0 atom stereocenters. The van der Waals surface area contributed by atoms with Crippen molar-refractivity contribution in [1.82, 2.24) is 0 Å². The van der Waals surface area contributed by atoms with Gasteiger partial charge in [-0.2, -0.15) is 0 Å². The van der Waals surface area contributed by atoms with Gasteiger partial charge in [0.05, 0.1) is 5.69 Å². The van der Waals surface area contributed by atoms with E-state index in [1.165, 1.54) is 0 Å². The molecule has 0 heterocycles. The minimum absolute atomic E-state index is 0.0475. The molecule has 1 aromatic rings. The van der Waals surface area contributed by atoms with Gasteiger partial charge in [0.25, 0.3) is 0 Å². The van der Waals surface area contributed by atoms with Crippen LogP contribution in [0.15, 0.2) is 27.1 Å². The standard InChI is InChI=1S/C10H11Br2NO/c1-2-3-10(14)13-9-6-7(11)4-5-8(9)12/h4-6H,2-3H2,1H3,(H,13,14). The van der Waals surface area contributed by atoms with Gasteiger partial charge in [-0.05, 0) is 40.5 Å². The highest BCUT2D eigenvalue weighted by atomic mass is 79.9. The fraction of sp³-hybridized carbons (Fsp3) is 0.300. The molecule has 0 saturated carbocycles. The first-order valence-corrected chi connectivity index (χ1v) is 5.97. The molecule has 1 rings (SSSR count). The van der Waals surface area contributed by atoms with E-state index >= 15 is 0 Å². The number of amides is 1. The van der Waals surface area contributed by atoms with Gasteiger partial charge < -0.3 is 5.32 Å². The maximum atomic E-state index is 11.3. The number of hydrogen-bond acceptors (Lipinski definition) is 1. The van der Waals surface area contributed by atoms with Crippen molar-refractivity contribution in [2.45, 2.75) is 19.8 Å². The number of carbonyl (C=O) groups is 1. The van der Waals surface area contributed by atoms with Crippen molar-refractivity contribution < 1.29 is 4.79 Å². The lowest BCUT2D eigenvalue weighted by Gasteiger charge is -2.06. The Bertz CT molecular complexity index is 339. The Hall–Kier alpha value is -0.350. The molecule has 0 aliphatic carbocycles. The molecule has 0 saturated heterocycles. The lowest BCUT2D eigenvalue weighted by Crippen LogP contribution is -2.10. The second kappa shape index (κ2) is 5.51. The third-order valence-corrected chi connectivity index (χ3v) is 2.86. The summed E-state index contributed by atoms with van der Waals surface area (Å²) in [5.74, 6) is 0.0475. The van der Waals surface area contributed by atoms with E-state index in [0.29, 0.717) is 6.42 Å². The summed E-state index contributed by atoms with van der Waals surface area (Å²) in [7, 11) is 0. The topological polar surface area (TPSA) is 29.1 Å². The average molecular weight is 321 g/mol. The van der Waals surface area contributed by atoms with Gasteiger partial charge in [-0.1, -0.05) is 22.9 Å². The first kappa shape index (κ1) is 11.7. The highest BCUT2D eigenvalue weighted by Gasteiger charge is 2.04. The first-order valence-electron chi connectivity index (χ1n) is 4.38. The number of hydrogen-bond donors (Lipinski definition) is 1. The highest BCUT2D eigenvalue weighted by molar-refractivity contribution is 9.11. The zero-order chi connectivity index (χ0) is 10.6. The van der Waals surface area contributed by atoms with Crippen LogP contribution in [-0.2, 0) is 4.79 Å². The second-order valence-electron chi connectivity index (χ2n) is 2.92. The molecule has 14 heavy (non-hydrogen) atoms. The lowest BCUT2D eigenvalue weighted by molar-refractivity contribution is -0.116. The molecule has 0 aromatic heterocycles. The van der Waals surface area contributed by atoms with Crippen LogP contribution >= 0.6 is 31.9 Å². The van der Waals surface area contributed by atoms with Crippen molar-refractivity contribution in [3.63, 3.8) is 0 Å². The molecule has 0 fully saturated rings. The van der Waals surface area contributed by atoms with Gasteiger partial charge in [0.1, 0.15) is 0 Å². The molecule has 0 aliphatic heterocycles. The van der Waals surface area contributed by atoms with Crippen LogP contribution in [0.5, 0.6) is 0 Å². The van der Waals surface area contributed by atoms with Crippen LogP contribution in [0.4, 0.5) is 5.69 Å². The van der Waals surface area contributed by atoms with Crippen LogP contribution in [0.25, 0.3) is 0 Å². The van der Waals surface area contributed by atoms with E-state index in [0.717, 1.165) is 21.1 Å². The van der Waals surface area contributed by atoms with E-state index in [4.69, 9.17) is 0 Å². The quantitative estimate of drug-likeness (QED) is 0.897. The molecular weight excluding hydrogens is 310 g/mol. The highest BCUT2D eigenvalue weighted by Crippen LogP contribution is 2.26. The molecule has 1 aromatic carbocycles. The second-order valence-corrected chi connectivity index (χ2v) is 4.69. The molecule has 0 aliphatic rings. The molecule has 0 spiro atoms. The van der Waals surface area contributed by atoms with Gasteiger partial charge >= 0.3 is 0 Å². The number of nitrogens with one attached hydrogen (secondary N) is 1. The van der Waals surface area contributed by atoms with Crippen LogP contribution in [-0.4, -0.2) is 5.91 Å². The summed E-state index contributed by atoms with van der Waals surface area (Å²) >= 11 is 6.73. The Morgan fingerprint density at radius 3 is 2.79 bits per heavy atom. The molecule has 0 bridgehead atoms. The van der Waals surface area contributed by atoms with Gasteiger partial charge in [0.15, 0.2) is 0 Å². The molecule has 2 nitrogen and oxygen atoms in total. The van der Waals surface area contributed by atoms with E-state index < -0.39 is 0 Å². The monoisotopic (exact) mass is 319 g/mol. The van der Waals surface area contributed by atoms with Crippen molar-refractivity contribution >= 4 is 43.5 Å². The van der Waals surface area contributed by atoms with Gasteiger partial charge in [-0.25, -0.2) is 0 Å². The minimum Gasteiger partial charge on any atom is -0.325 e. The largest absolute Gasteiger partial charge is 0.325 e. The Morgan fingerprint density at radius 2 is 2.14 bits per heavy atom. The predicted molar refractivity (Wildman–Crippen MR) is 65.4 cm³/mol. The van der Waals surface area contributed by atoms with Gasteiger partial charge in [0, 0.05) is 15.4 Å². The van der Waals surface area contributed by atoms with Crippen molar-refractivity contribution in [3.05, 3.63) is 27.1 Å². The molecule has 1 amide bonds. The predicted octanol–water partition coefficient (Wildman–Crippen LogP) is 3.95. The van der Waals surface area contributed by atoms with Crippen LogP contribution in [0.3, 0.4) is 0 Å². The summed E-state index contributed by atoms with van der Waals surface area (Å²) in [5, 5.41) is 2.84. The summed E-state index contributed by atoms with van der Waals surface area (Å²) in [5.41, 5.74) is 0.804. The Labute approximate surface area is 100 Å². The van der Waals surface area contributed by atoms with Crippen LogP contribution in [0, 0.1) is 0 Å². The number of anilines is 1. The van der Waals surface area contributed by atoms with Crippen LogP contribution < -0.4 is 5.32 Å². The molecule has 0 radical (unpaired) electrons. The molecule has 1 N–H and O–H groups in total. The lowest BCUT2D eigenvalue weighted by atomic mass is 10.3. The van der Waals surface area contributed by atoms with Gasteiger partial charge in [-0.15, -0.1) is 0 Å². The minimum atomic E-state index is 0.0475. The number of halogens is 2. The molecule has 76 valence electrons. The van der Waals surface area contributed by atoms with Crippen molar-refractivity contribution in [2.24, 2.45) is 0 Å². The van der Waals surface area contributed by atoms with Crippen molar-refractivity contribution in [3.8, 4) is 0 Å². The van der Waals surface area contributed by atoms with E-state index in [1.54, 1.807) is 0 Å². The van der Waals surface area contributed by atoms with E-state index in [1.807, 2.05) is 25.1 Å². The van der Waals surface area contributed by atoms with Gasteiger partial charge in [-0.3, -0.25) is 4.79 Å². The summed E-state index contributed by atoms with van der Waals surface area (Å²) in [6.07, 6.45) is 1.41. The Kier molecular flexibility index (Phi) is 4.62. The number of rotatable bonds is 3. The fourth-order valence-corrected chi connectivity index (χ4v) is 1.74. The normalized spacial score (nSPS) is 9.93. The van der Waals surface area contributed by atoms with Crippen LogP contribution in [0.2, 0.25) is 0 Å². The molecule has 4 heteroatoms. The number of benzene rings is 1. The summed E-state index contributed by atoms with van der Waals surface area (Å²) < 4.78 is 1.85. The average Bonchev–Trinajstić information content (AvgIpc) is 2.12. The van der Waals surface area contributed by atoms with Gasteiger partial charge in [0.2, 0.25) is 5.91 Å². The van der Waals surface area contributed by atoms with E-state index in [9.17, 15) is 4.79 Å². The first-order chi connectivity index (χ1) is 6.63. The van der Waals surface area contributed by atoms with E-state index in [-0.39, 0.29) is 5.91 Å². The third-order valence-electron chi connectivity index (χ3n) is 1.68. The fourth-order valence-electron chi connectivity index (χ4n) is 1.03. The SMILES string of the molecule is CCCC(=O)Nc1cc(Br)ccc1Br. The van der Waals surface area contributed by atoms with E-state index in [2.05, 4.69) is 37.2 Å². The maximum absolute atomic E-state index is 11.3. The van der Waals surface area contributed by atoms with Crippen LogP contribution in [0.1, 0.15) is 19.8 Å². The third kappa shape index (κ3) is 3.42. The summed E-state index contributed by atoms with van der Waals surface area (Å²) in [6, 6.07) is 5.68.